The number of aliphatic hydroxyl groups is 2. The summed E-state index contributed by atoms with van der Waals surface area (Å²) in [6.07, 6.45) is -28.0. The highest BCUT2D eigenvalue weighted by atomic mass is 19.4. The van der Waals surface area contributed by atoms with E-state index in [2.05, 4.69) is 10.1 Å². The summed E-state index contributed by atoms with van der Waals surface area (Å²) in [4.78, 5) is 12.5. The van der Waals surface area contributed by atoms with Gasteiger partial charge in [0.2, 0.25) is 0 Å². The van der Waals surface area contributed by atoms with Crippen molar-refractivity contribution >= 4 is 5.97 Å². The SMILES string of the molecule is CC(C)Oc1cc(C(Cc2ccc(C(=O)OCC(O)CC(F)(F)F)cc2)(NCC(O)CC(F)(F)F)c2cc(F)cc(OC(F)(F)C(F)F)c2)ccc1F. The first kappa shape index (κ1) is 43.2. The van der Waals surface area contributed by atoms with Crippen molar-refractivity contribution in [3.63, 3.8) is 0 Å². The van der Waals surface area contributed by atoms with Crippen molar-refractivity contribution in [3.8, 4) is 11.5 Å². The summed E-state index contributed by atoms with van der Waals surface area (Å²) in [5, 5.41) is 22.5. The summed E-state index contributed by atoms with van der Waals surface area (Å²) in [6.45, 7) is 1.08. The Kier molecular flexibility index (Phi) is 14.1. The highest BCUT2D eigenvalue weighted by molar-refractivity contribution is 5.89. The van der Waals surface area contributed by atoms with E-state index in [1.807, 2.05) is 0 Å². The molecular weight excluding hydrogens is 746 g/mol. The molecule has 3 unspecified atom stereocenters. The van der Waals surface area contributed by atoms with Gasteiger partial charge in [0.15, 0.2) is 11.6 Å². The van der Waals surface area contributed by atoms with E-state index in [-0.39, 0.29) is 16.7 Å². The lowest BCUT2D eigenvalue weighted by molar-refractivity contribution is -0.253. The number of aliphatic hydroxyl groups excluding tert-OH is 2. The minimum atomic E-state index is -5.13. The van der Waals surface area contributed by atoms with E-state index in [4.69, 9.17) is 9.47 Å². The molecule has 0 saturated heterocycles. The molecule has 3 atom stereocenters. The van der Waals surface area contributed by atoms with Gasteiger partial charge >= 0.3 is 30.9 Å². The average Bonchev–Trinajstić information content (AvgIpc) is 3.01. The molecule has 3 aromatic carbocycles. The van der Waals surface area contributed by atoms with Gasteiger partial charge in [-0.2, -0.15) is 43.9 Å². The first-order valence-electron chi connectivity index (χ1n) is 15.5. The van der Waals surface area contributed by atoms with Crippen LogP contribution in [0.3, 0.4) is 0 Å². The molecule has 53 heavy (non-hydrogen) atoms. The zero-order valence-corrected chi connectivity index (χ0v) is 27.7. The third kappa shape index (κ3) is 13.0. The number of benzene rings is 3. The van der Waals surface area contributed by atoms with Crippen molar-refractivity contribution < 1.29 is 81.9 Å². The second-order valence-electron chi connectivity index (χ2n) is 12.2. The van der Waals surface area contributed by atoms with Crippen LogP contribution in [0.2, 0.25) is 0 Å². The predicted octanol–water partition coefficient (Wildman–Crippen LogP) is 7.85. The maximum absolute atomic E-state index is 15.1. The van der Waals surface area contributed by atoms with Crippen molar-refractivity contribution in [1.29, 1.82) is 0 Å². The molecule has 0 aliphatic carbocycles. The van der Waals surface area contributed by atoms with Crippen LogP contribution < -0.4 is 14.8 Å². The van der Waals surface area contributed by atoms with Crippen LogP contribution in [0, 0.1) is 11.6 Å². The lowest BCUT2D eigenvalue weighted by atomic mass is 9.77. The fourth-order valence-corrected chi connectivity index (χ4v) is 5.10. The first-order valence-corrected chi connectivity index (χ1v) is 15.5. The molecule has 0 fully saturated rings. The standard InChI is InChI=1S/C34H33F12NO6/c1-18(2)52-28-11-21(7-8-27(28)36)31(47-16-24(48)14-32(39,40)41,22-9-23(35)12-26(10-22)53-34(45,46)30(37)38)13-19-3-5-20(6-4-19)29(50)51-17-25(49)15-33(42,43)44/h3-12,18,24-25,30,47-49H,13-17H2,1-2H3. The number of halogens is 12. The molecule has 0 bridgehead atoms. The minimum absolute atomic E-state index is 0.122. The molecule has 0 aromatic heterocycles. The van der Waals surface area contributed by atoms with Crippen LogP contribution in [0.25, 0.3) is 0 Å². The van der Waals surface area contributed by atoms with E-state index >= 15 is 4.39 Å². The minimum Gasteiger partial charge on any atom is -0.488 e. The van der Waals surface area contributed by atoms with Gasteiger partial charge in [-0.25, -0.2) is 13.6 Å². The Hall–Kier alpha value is -4.23. The van der Waals surface area contributed by atoms with Gasteiger partial charge in [0.25, 0.3) is 0 Å². The van der Waals surface area contributed by atoms with Gasteiger partial charge in [0.1, 0.15) is 18.2 Å². The molecule has 0 aliphatic heterocycles. The summed E-state index contributed by atoms with van der Waals surface area (Å²) in [7, 11) is 0. The Morgan fingerprint density at radius 3 is 1.96 bits per heavy atom. The average molecular weight is 780 g/mol. The van der Waals surface area contributed by atoms with Crippen molar-refractivity contribution in [3.05, 3.63) is 94.6 Å². The highest BCUT2D eigenvalue weighted by Crippen LogP contribution is 2.40. The second kappa shape index (κ2) is 17.3. The second-order valence-corrected chi connectivity index (χ2v) is 12.2. The summed E-state index contributed by atoms with van der Waals surface area (Å²) in [5.74, 6) is -5.03. The highest BCUT2D eigenvalue weighted by Gasteiger charge is 2.45. The predicted molar refractivity (Wildman–Crippen MR) is 163 cm³/mol. The Morgan fingerprint density at radius 1 is 0.792 bits per heavy atom. The number of nitrogens with one attached hydrogen (secondary N) is 1. The molecule has 0 aliphatic rings. The third-order valence-electron chi connectivity index (χ3n) is 7.30. The Balaban J connectivity index is 2.19. The summed E-state index contributed by atoms with van der Waals surface area (Å²) < 4.78 is 175. The van der Waals surface area contributed by atoms with Gasteiger partial charge in [-0.3, -0.25) is 0 Å². The molecule has 0 saturated carbocycles. The zero-order valence-electron chi connectivity index (χ0n) is 27.7. The van der Waals surface area contributed by atoms with Gasteiger partial charge in [-0.1, -0.05) is 18.2 Å². The quantitative estimate of drug-likeness (QED) is 0.0950. The van der Waals surface area contributed by atoms with Crippen LogP contribution in [0.15, 0.2) is 60.7 Å². The molecule has 3 rings (SSSR count). The number of rotatable bonds is 17. The number of alkyl halides is 10. The van der Waals surface area contributed by atoms with E-state index in [9.17, 15) is 63.3 Å². The number of hydrogen-bond acceptors (Lipinski definition) is 7. The normalized spacial score (nSPS) is 14.9. The molecule has 0 radical (unpaired) electrons. The number of carbonyl (C=O) groups is 1. The maximum atomic E-state index is 15.1. The van der Waals surface area contributed by atoms with Crippen LogP contribution in [0.5, 0.6) is 11.5 Å². The van der Waals surface area contributed by atoms with Gasteiger partial charge < -0.3 is 29.7 Å². The number of esters is 1. The van der Waals surface area contributed by atoms with E-state index in [0.29, 0.717) is 18.2 Å². The molecule has 7 nitrogen and oxygen atoms in total. The Labute approximate surface area is 294 Å². The third-order valence-corrected chi connectivity index (χ3v) is 7.30. The summed E-state index contributed by atoms with van der Waals surface area (Å²) in [5.41, 5.74) is -2.87. The van der Waals surface area contributed by atoms with E-state index in [0.717, 1.165) is 30.3 Å². The van der Waals surface area contributed by atoms with Gasteiger partial charge in [-0.05, 0) is 73.4 Å². The van der Waals surface area contributed by atoms with Crippen LogP contribution in [-0.4, -0.2) is 72.5 Å². The lowest BCUT2D eigenvalue weighted by Gasteiger charge is -2.38. The van der Waals surface area contributed by atoms with Crippen LogP contribution in [-0.2, 0) is 16.7 Å². The molecule has 294 valence electrons. The van der Waals surface area contributed by atoms with E-state index in [1.54, 1.807) is 0 Å². The van der Waals surface area contributed by atoms with Crippen molar-refractivity contribution in [2.24, 2.45) is 0 Å². The molecule has 0 spiro atoms. The van der Waals surface area contributed by atoms with E-state index < -0.39 is 116 Å². The number of carbonyl (C=O) groups excluding carboxylic acids is 1. The molecule has 19 heteroatoms. The molecule has 0 heterocycles. The van der Waals surface area contributed by atoms with Crippen molar-refractivity contribution in [2.75, 3.05) is 13.2 Å². The topological polar surface area (TPSA) is 97.3 Å². The van der Waals surface area contributed by atoms with Crippen LogP contribution in [0.4, 0.5) is 52.7 Å². The molecule has 3 N–H and O–H groups in total. The van der Waals surface area contributed by atoms with Crippen LogP contribution in [0.1, 0.15) is 53.7 Å². The smallest absolute Gasteiger partial charge is 0.461 e. The zero-order chi connectivity index (χ0) is 39.9. The summed E-state index contributed by atoms with van der Waals surface area (Å²) in [6, 6.07) is 9.30. The fourth-order valence-electron chi connectivity index (χ4n) is 5.10. The lowest BCUT2D eigenvalue weighted by Crippen LogP contribution is -2.49. The molecular formula is C34H33F12NO6. The Morgan fingerprint density at radius 2 is 1.40 bits per heavy atom. The maximum Gasteiger partial charge on any atom is 0.461 e. The van der Waals surface area contributed by atoms with Gasteiger partial charge in [0.05, 0.1) is 42.3 Å². The fraction of sp³-hybridized carbons (Fsp3) is 0.441. The van der Waals surface area contributed by atoms with E-state index in [1.165, 1.54) is 26.0 Å². The monoisotopic (exact) mass is 779 g/mol. The van der Waals surface area contributed by atoms with Crippen molar-refractivity contribution in [1.82, 2.24) is 5.32 Å². The molecule has 0 amide bonds. The molecule has 3 aromatic rings. The van der Waals surface area contributed by atoms with Gasteiger partial charge in [-0.15, -0.1) is 0 Å². The summed E-state index contributed by atoms with van der Waals surface area (Å²) >= 11 is 0. The first-order chi connectivity index (χ1) is 24.4. The van der Waals surface area contributed by atoms with Gasteiger partial charge in [0, 0.05) is 12.6 Å². The number of hydrogen-bond donors (Lipinski definition) is 3. The number of ether oxygens (including phenoxy) is 3. The Bertz CT molecular complexity index is 1670. The van der Waals surface area contributed by atoms with Crippen LogP contribution >= 0.6 is 0 Å². The largest absolute Gasteiger partial charge is 0.488 e. The van der Waals surface area contributed by atoms with Crippen molar-refractivity contribution in [2.45, 2.75) is 81.8 Å².